The van der Waals surface area contributed by atoms with Crippen LogP contribution < -0.4 is 0 Å². The standard InChI is InChI=1S/C14H24/c1-3-9-13-11-7-5-6-8-12-14(13)10-4-2/h9-10H,3-8,11-12H2,1-2H3. The molecule has 0 amide bonds. The Balaban J connectivity index is 2.71. The van der Waals surface area contributed by atoms with Crippen molar-refractivity contribution in [3.8, 4) is 0 Å². The van der Waals surface area contributed by atoms with Gasteiger partial charge in [0, 0.05) is 0 Å². The monoisotopic (exact) mass is 192 g/mol. The molecule has 1 saturated carbocycles. The van der Waals surface area contributed by atoms with Gasteiger partial charge in [0.15, 0.2) is 0 Å². The molecule has 0 spiro atoms. The Bertz CT molecular complexity index is 184. The van der Waals surface area contributed by atoms with Crippen molar-refractivity contribution in [2.24, 2.45) is 0 Å². The van der Waals surface area contributed by atoms with Crippen molar-refractivity contribution in [1.82, 2.24) is 0 Å². The number of allylic oxidation sites excluding steroid dienone is 4. The van der Waals surface area contributed by atoms with Crippen molar-refractivity contribution in [2.75, 3.05) is 0 Å². The van der Waals surface area contributed by atoms with Crippen molar-refractivity contribution in [3.05, 3.63) is 23.3 Å². The Hall–Kier alpha value is -0.520. The molecule has 0 bridgehead atoms. The largest absolute Gasteiger partial charge is 0.0813 e. The van der Waals surface area contributed by atoms with Gasteiger partial charge in [0.2, 0.25) is 0 Å². The average Bonchev–Trinajstić information content (AvgIpc) is 2.16. The number of rotatable bonds is 2. The second kappa shape index (κ2) is 6.86. The van der Waals surface area contributed by atoms with Gasteiger partial charge in [-0.15, -0.1) is 0 Å². The van der Waals surface area contributed by atoms with Gasteiger partial charge < -0.3 is 0 Å². The van der Waals surface area contributed by atoms with E-state index in [0.717, 1.165) is 0 Å². The van der Waals surface area contributed by atoms with E-state index in [-0.39, 0.29) is 0 Å². The zero-order chi connectivity index (χ0) is 10.2. The van der Waals surface area contributed by atoms with Crippen LogP contribution in [0.25, 0.3) is 0 Å². The third-order valence-corrected chi connectivity index (χ3v) is 2.96. The maximum atomic E-state index is 2.44. The van der Waals surface area contributed by atoms with E-state index in [2.05, 4.69) is 26.0 Å². The van der Waals surface area contributed by atoms with Crippen LogP contribution in [0.1, 0.15) is 65.2 Å². The molecule has 1 fully saturated rings. The highest BCUT2D eigenvalue weighted by molar-refractivity contribution is 5.31. The van der Waals surface area contributed by atoms with Crippen LogP contribution in [0.2, 0.25) is 0 Å². The van der Waals surface area contributed by atoms with Crippen molar-refractivity contribution < 1.29 is 0 Å². The lowest BCUT2D eigenvalue weighted by molar-refractivity contribution is 0.611. The van der Waals surface area contributed by atoms with E-state index in [0.29, 0.717) is 0 Å². The van der Waals surface area contributed by atoms with Crippen molar-refractivity contribution in [2.45, 2.75) is 65.2 Å². The van der Waals surface area contributed by atoms with Crippen molar-refractivity contribution in [3.63, 3.8) is 0 Å². The predicted octanol–water partition coefficient (Wildman–Crippen LogP) is 5.01. The Kier molecular flexibility index (Phi) is 5.66. The summed E-state index contributed by atoms with van der Waals surface area (Å²) >= 11 is 0. The van der Waals surface area contributed by atoms with Crippen molar-refractivity contribution >= 4 is 0 Å². The first kappa shape index (κ1) is 11.6. The van der Waals surface area contributed by atoms with Gasteiger partial charge in [0.1, 0.15) is 0 Å². The fraction of sp³-hybridized carbons (Fsp3) is 0.714. The van der Waals surface area contributed by atoms with Crippen LogP contribution in [-0.2, 0) is 0 Å². The first-order valence-electron chi connectivity index (χ1n) is 6.27. The minimum atomic E-state index is 1.19. The maximum absolute atomic E-state index is 2.44. The summed E-state index contributed by atoms with van der Waals surface area (Å²) in [4.78, 5) is 0. The fourth-order valence-corrected chi connectivity index (χ4v) is 2.26. The molecule has 0 aromatic rings. The topological polar surface area (TPSA) is 0 Å². The molecule has 0 aromatic heterocycles. The van der Waals surface area contributed by atoms with E-state index in [1.807, 2.05) is 0 Å². The summed E-state index contributed by atoms with van der Waals surface area (Å²) in [5.41, 5.74) is 3.29. The average molecular weight is 192 g/mol. The van der Waals surface area contributed by atoms with Crippen LogP contribution in [0.15, 0.2) is 23.3 Å². The number of hydrogen-bond acceptors (Lipinski definition) is 0. The van der Waals surface area contributed by atoms with Gasteiger partial charge in [-0.2, -0.15) is 0 Å². The summed E-state index contributed by atoms with van der Waals surface area (Å²) in [7, 11) is 0. The van der Waals surface area contributed by atoms with Gasteiger partial charge in [-0.05, 0) is 49.7 Å². The summed E-state index contributed by atoms with van der Waals surface area (Å²) < 4.78 is 0. The molecule has 1 aliphatic rings. The van der Waals surface area contributed by atoms with E-state index >= 15 is 0 Å². The molecule has 0 aromatic carbocycles. The van der Waals surface area contributed by atoms with Crippen LogP contribution in [0, 0.1) is 0 Å². The van der Waals surface area contributed by atoms with E-state index < -0.39 is 0 Å². The molecule has 0 saturated heterocycles. The summed E-state index contributed by atoms with van der Waals surface area (Å²) in [6.45, 7) is 4.49. The minimum Gasteiger partial charge on any atom is -0.0813 e. The first-order chi connectivity index (χ1) is 6.88. The molecule has 0 unspecified atom stereocenters. The normalized spacial score (nSPS) is 25.0. The smallest absolute Gasteiger partial charge is 0.0279 e. The Morgan fingerprint density at radius 2 is 1.21 bits per heavy atom. The molecule has 0 atom stereocenters. The molecule has 1 rings (SSSR count). The zero-order valence-corrected chi connectivity index (χ0v) is 9.81. The highest BCUT2D eigenvalue weighted by Gasteiger charge is 2.07. The van der Waals surface area contributed by atoms with Gasteiger partial charge in [0.25, 0.3) is 0 Å². The molecular formula is C14H24. The van der Waals surface area contributed by atoms with Gasteiger partial charge in [-0.3, -0.25) is 0 Å². The van der Waals surface area contributed by atoms with Gasteiger partial charge in [0.05, 0.1) is 0 Å². The van der Waals surface area contributed by atoms with Gasteiger partial charge in [-0.25, -0.2) is 0 Å². The molecule has 0 nitrogen and oxygen atoms in total. The van der Waals surface area contributed by atoms with Crippen LogP contribution in [0.5, 0.6) is 0 Å². The lowest BCUT2D eigenvalue weighted by Gasteiger charge is -2.16. The summed E-state index contributed by atoms with van der Waals surface area (Å²) in [5, 5.41) is 0. The van der Waals surface area contributed by atoms with E-state index in [9.17, 15) is 0 Å². The predicted molar refractivity (Wildman–Crippen MR) is 64.5 cm³/mol. The SMILES string of the molecule is CCC=C1CCCCCCC1=CCC. The van der Waals surface area contributed by atoms with E-state index in [1.165, 1.54) is 51.4 Å². The van der Waals surface area contributed by atoms with Crippen LogP contribution in [0.4, 0.5) is 0 Å². The molecule has 1 aliphatic carbocycles. The highest BCUT2D eigenvalue weighted by atomic mass is 14.1. The quantitative estimate of drug-likeness (QED) is 0.576. The van der Waals surface area contributed by atoms with E-state index in [4.69, 9.17) is 0 Å². The Labute approximate surface area is 89.1 Å². The molecular weight excluding hydrogens is 168 g/mol. The number of hydrogen-bond donors (Lipinski definition) is 0. The fourth-order valence-electron chi connectivity index (χ4n) is 2.26. The second-order valence-electron chi connectivity index (χ2n) is 4.19. The Morgan fingerprint density at radius 1 is 0.786 bits per heavy atom. The summed E-state index contributed by atoms with van der Waals surface area (Å²) in [5.74, 6) is 0. The molecule has 0 aliphatic heterocycles. The first-order valence-corrected chi connectivity index (χ1v) is 6.27. The lowest BCUT2D eigenvalue weighted by Crippen LogP contribution is -1.96. The van der Waals surface area contributed by atoms with Gasteiger partial charge >= 0.3 is 0 Å². The van der Waals surface area contributed by atoms with Crippen LogP contribution >= 0.6 is 0 Å². The molecule has 0 heterocycles. The van der Waals surface area contributed by atoms with Crippen LogP contribution in [-0.4, -0.2) is 0 Å². The zero-order valence-electron chi connectivity index (χ0n) is 9.81. The third-order valence-electron chi connectivity index (χ3n) is 2.96. The molecule has 80 valence electrons. The van der Waals surface area contributed by atoms with Gasteiger partial charge in [-0.1, -0.05) is 38.8 Å². The Morgan fingerprint density at radius 3 is 1.57 bits per heavy atom. The summed E-state index contributed by atoms with van der Waals surface area (Å²) in [6.07, 6.45) is 15.5. The lowest BCUT2D eigenvalue weighted by atomic mass is 9.90. The molecule has 0 radical (unpaired) electrons. The molecule has 0 heteroatoms. The molecule has 0 N–H and O–H groups in total. The second-order valence-corrected chi connectivity index (χ2v) is 4.19. The summed E-state index contributed by atoms with van der Waals surface area (Å²) in [6, 6.07) is 0. The van der Waals surface area contributed by atoms with E-state index in [1.54, 1.807) is 11.1 Å². The third kappa shape index (κ3) is 3.69. The maximum Gasteiger partial charge on any atom is -0.0279 e. The van der Waals surface area contributed by atoms with Crippen molar-refractivity contribution in [1.29, 1.82) is 0 Å². The highest BCUT2D eigenvalue weighted by Crippen LogP contribution is 2.27. The molecule has 14 heavy (non-hydrogen) atoms. The van der Waals surface area contributed by atoms with Crippen LogP contribution in [0.3, 0.4) is 0 Å². The minimum absolute atomic E-state index is 1.19.